The van der Waals surface area contributed by atoms with Crippen molar-refractivity contribution in [3.8, 4) is 11.5 Å². The first-order valence-electron chi connectivity index (χ1n) is 8.55. The predicted molar refractivity (Wildman–Crippen MR) is 97.1 cm³/mol. The summed E-state index contributed by atoms with van der Waals surface area (Å²) in [4.78, 5) is 8.82. The second kappa shape index (κ2) is 6.27. The van der Waals surface area contributed by atoms with E-state index in [1.165, 1.54) is 0 Å². The van der Waals surface area contributed by atoms with Gasteiger partial charge in [-0.25, -0.2) is 9.97 Å². The topological polar surface area (TPSA) is 61.2 Å². The van der Waals surface area contributed by atoms with Crippen molar-refractivity contribution in [2.75, 3.05) is 18.5 Å². The van der Waals surface area contributed by atoms with Gasteiger partial charge in [0.2, 0.25) is 0 Å². The van der Waals surface area contributed by atoms with Gasteiger partial charge in [0.05, 0.1) is 11.4 Å². The van der Waals surface area contributed by atoms with Crippen molar-refractivity contribution in [1.29, 1.82) is 0 Å². The van der Waals surface area contributed by atoms with Crippen LogP contribution in [0.2, 0.25) is 0 Å². The van der Waals surface area contributed by atoms with Crippen LogP contribution < -0.4 is 14.8 Å². The molecule has 1 aliphatic rings. The second-order valence-electron chi connectivity index (χ2n) is 6.66. The Morgan fingerprint density at radius 3 is 2.68 bits per heavy atom. The first-order valence-corrected chi connectivity index (χ1v) is 8.55. The van der Waals surface area contributed by atoms with Crippen molar-refractivity contribution in [1.82, 2.24) is 14.5 Å². The molecule has 0 aliphatic carbocycles. The molecule has 4 rings (SSSR count). The monoisotopic (exact) mass is 338 g/mol. The van der Waals surface area contributed by atoms with Gasteiger partial charge < -0.3 is 19.4 Å². The van der Waals surface area contributed by atoms with Crippen molar-refractivity contribution in [3.63, 3.8) is 0 Å². The third-order valence-electron chi connectivity index (χ3n) is 4.55. The average molecular weight is 338 g/mol. The van der Waals surface area contributed by atoms with E-state index in [4.69, 9.17) is 9.47 Å². The summed E-state index contributed by atoms with van der Waals surface area (Å²) >= 11 is 0. The number of ether oxygens (including phenoxy) is 2. The average Bonchev–Trinajstić information content (AvgIpc) is 3.01. The van der Waals surface area contributed by atoms with E-state index in [0.29, 0.717) is 19.1 Å². The lowest BCUT2D eigenvalue weighted by molar-refractivity contribution is 0.171. The fourth-order valence-electron chi connectivity index (χ4n) is 3.23. The van der Waals surface area contributed by atoms with Gasteiger partial charge in [0, 0.05) is 13.2 Å². The number of nitrogens with one attached hydrogen (secondary N) is 1. The van der Waals surface area contributed by atoms with Crippen LogP contribution in [0.4, 0.5) is 5.82 Å². The zero-order chi connectivity index (χ0) is 17.4. The number of rotatable bonds is 4. The van der Waals surface area contributed by atoms with E-state index >= 15 is 0 Å². The lowest BCUT2D eigenvalue weighted by Crippen LogP contribution is -2.19. The number of aromatic nitrogens is 3. The van der Waals surface area contributed by atoms with Crippen LogP contribution in [0.15, 0.2) is 36.8 Å². The summed E-state index contributed by atoms with van der Waals surface area (Å²) in [5.41, 5.74) is 2.07. The summed E-state index contributed by atoms with van der Waals surface area (Å²) in [5.74, 6) is 2.84. The Bertz CT molecular complexity index is 904. The molecule has 0 fully saturated rings. The fourth-order valence-corrected chi connectivity index (χ4v) is 3.23. The molecule has 6 heteroatoms. The van der Waals surface area contributed by atoms with E-state index in [1.807, 2.05) is 29.9 Å². The van der Waals surface area contributed by atoms with Crippen molar-refractivity contribution in [3.05, 3.63) is 42.4 Å². The van der Waals surface area contributed by atoms with Crippen LogP contribution in [0.1, 0.15) is 25.5 Å². The van der Waals surface area contributed by atoms with E-state index in [2.05, 4.69) is 41.3 Å². The fraction of sp³-hybridized carbons (Fsp3) is 0.368. The molecule has 1 N–H and O–H groups in total. The lowest BCUT2D eigenvalue weighted by Gasteiger charge is -2.26. The first-order chi connectivity index (χ1) is 12.1. The van der Waals surface area contributed by atoms with Crippen molar-refractivity contribution < 1.29 is 9.47 Å². The Labute approximate surface area is 146 Å². The van der Waals surface area contributed by atoms with E-state index in [-0.39, 0.29) is 6.04 Å². The van der Waals surface area contributed by atoms with Crippen LogP contribution in [0.5, 0.6) is 11.5 Å². The number of aryl methyl sites for hydroxylation is 1. The Morgan fingerprint density at radius 1 is 1.08 bits per heavy atom. The van der Waals surface area contributed by atoms with Gasteiger partial charge >= 0.3 is 0 Å². The minimum Gasteiger partial charge on any atom is -0.486 e. The van der Waals surface area contributed by atoms with E-state index in [9.17, 15) is 0 Å². The largest absolute Gasteiger partial charge is 0.486 e. The van der Waals surface area contributed by atoms with Gasteiger partial charge in [0.1, 0.15) is 31.0 Å². The summed E-state index contributed by atoms with van der Waals surface area (Å²) in [6.07, 6.45) is 3.60. The molecule has 0 unspecified atom stereocenters. The Morgan fingerprint density at radius 2 is 1.88 bits per heavy atom. The number of hydrogen-bond acceptors (Lipinski definition) is 5. The summed E-state index contributed by atoms with van der Waals surface area (Å²) in [5, 5.41) is 4.62. The highest BCUT2D eigenvalue weighted by Gasteiger charge is 2.21. The number of anilines is 1. The molecule has 0 radical (unpaired) electrons. The molecule has 3 aromatic rings. The minimum atomic E-state index is 0.106. The Balaban J connectivity index is 1.70. The Hall–Kier alpha value is -2.76. The molecule has 6 nitrogen and oxygen atoms in total. The maximum atomic E-state index is 5.74. The molecule has 0 saturated heterocycles. The molecular formula is C19H22N4O2. The zero-order valence-electron chi connectivity index (χ0n) is 14.7. The summed E-state index contributed by atoms with van der Waals surface area (Å²) in [6, 6.07) is 8.29. The molecule has 0 bridgehead atoms. The molecular weight excluding hydrogens is 316 g/mol. The second-order valence-corrected chi connectivity index (χ2v) is 6.66. The molecule has 25 heavy (non-hydrogen) atoms. The maximum absolute atomic E-state index is 5.74. The van der Waals surface area contributed by atoms with E-state index in [1.54, 1.807) is 6.33 Å². The van der Waals surface area contributed by atoms with Crippen LogP contribution in [-0.4, -0.2) is 27.7 Å². The van der Waals surface area contributed by atoms with Crippen LogP contribution in [0.3, 0.4) is 0 Å². The molecule has 0 amide bonds. The smallest absolute Gasteiger partial charge is 0.161 e. The first kappa shape index (κ1) is 15.7. The third kappa shape index (κ3) is 2.88. The minimum absolute atomic E-state index is 0.106. The van der Waals surface area contributed by atoms with Gasteiger partial charge in [-0.1, -0.05) is 19.9 Å². The van der Waals surface area contributed by atoms with Crippen molar-refractivity contribution in [2.45, 2.75) is 19.9 Å². The lowest BCUT2D eigenvalue weighted by atomic mass is 9.95. The highest BCUT2D eigenvalue weighted by atomic mass is 16.6. The van der Waals surface area contributed by atoms with Crippen LogP contribution in [0.25, 0.3) is 11.0 Å². The molecule has 0 saturated carbocycles. The normalized spacial score (nSPS) is 14.7. The van der Waals surface area contributed by atoms with Gasteiger partial charge in [-0.05, 0) is 29.7 Å². The quantitative estimate of drug-likeness (QED) is 0.788. The molecule has 1 atom stereocenters. The van der Waals surface area contributed by atoms with Crippen molar-refractivity contribution >= 4 is 16.9 Å². The maximum Gasteiger partial charge on any atom is 0.161 e. The summed E-state index contributed by atoms with van der Waals surface area (Å²) < 4.78 is 13.4. The van der Waals surface area contributed by atoms with E-state index < -0.39 is 0 Å². The molecule has 130 valence electrons. The number of hydrogen-bond donors (Lipinski definition) is 1. The van der Waals surface area contributed by atoms with Gasteiger partial charge in [-0.2, -0.15) is 0 Å². The highest BCUT2D eigenvalue weighted by Crippen LogP contribution is 2.36. The molecule has 1 aliphatic heterocycles. The van der Waals surface area contributed by atoms with Crippen molar-refractivity contribution in [2.24, 2.45) is 13.0 Å². The number of benzene rings is 1. The van der Waals surface area contributed by atoms with Gasteiger partial charge in [-0.3, -0.25) is 0 Å². The SMILES string of the molecule is CC(C)[C@@H](Nc1ncnc2c1ccn2C)c1ccc2c(c1)OCCO2. The summed E-state index contributed by atoms with van der Waals surface area (Å²) in [6.45, 7) is 5.58. The van der Waals surface area contributed by atoms with Gasteiger partial charge in [0.15, 0.2) is 11.5 Å². The standard InChI is InChI=1S/C19H22N4O2/c1-12(2)17(13-4-5-15-16(10-13)25-9-8-24-15)22-18-14-6-7-23(3)19(14)21-11-20-18/h4-7,10-12,17H,8-9H2,1-3H3,(H,20,21,22)/t17-/m1/s1. The predicted octanol–water partition coefficient (Wildman–Crippen LogP) is 3.55. The molecule has 1 aromatic carbocycles. The molecule has 2 aromatic heterocycles. The Kier molecular flexibility index (Phi) is 3.95. The van der Waals surface area contributed by atoms with E-state index in [0.717, 1.165) is 33.9 Å². The van der Waals surface area contributed by atoms with Crippen LogP contribution >= 0.6 is 0 Å². The number of nitrogens with zero attached hydrogens (tertiary/aromatic N) is 3. The van der Waals surface area contributed by atoms with Gasteiger partial charge in [0.25, 0.3) is 0 Å². The van der Waals surface area contributed by atoms with Crippen LogP contribution in [-0.2, 0) is 7.05 Å². The van der Waals surface area contributed by atoms with Crippen LogP contribution in [0, 0.1) is 5.92 Å². The number of fused-ring (bicyclic) bond motifs is 2. The summed E-state index contributed by atoms with van der Waals surface area (Å²) in [7, 11) is 1.99. The third-order valence-corrected chi connectivity index (χ3v) is 4.55. The zero-order valence-corrected chi connectivity index (χ0v) is 14.7. The van der Waals surface area contributed by atoms with Gasteiger partial charge in [-0.15, -0.1) is 0 Å². The molecule has 3 heterocycles. The molecule has 0 spiro atoms. The highest BCUT2D eigenvalue weighted by molar-refractivity contribution is 5.87.